The van der Waals surface area contributed by atoms with Crippen molar-refractivity contribution in [2.75, 3.05) is 30.0 Å². The van der Waals surface area contributed by atoms with E-state index in [0.717, 1.165) is 16.8 Å². The van der Waals surface area contributed by atoms with E-state index in [-0.39, 0.29) is 18.4 Å². The van der Waals surface area contributed by atoms with Gasteiger partial charge in [0.05, 0.1) is 0 Å². The van der Waals surface area contributed by atoms with Crippen molar-refractivity contribution in [1.82, 2.24) is 0 Å². The number of nitrogens with zero attached hydrogens (tertiary/aromatic N) is 1. The number of carbonyl (C=O) groups is 2. The van der Waals surface area contributed by atoms with Crippen LogP contribution in [0.1, 0.15) is 18.1 Å². The van der Waals surface area contributed by atoms with Gasteiger partial charge in [-0.3, -0.25) is 9.59 Å². The lowest BCUT2D eigenvalue weighted by Gasteiger charge is -2.24. The summed E-state index contributed by atoms with van der Waals surface area (Å²) >= 11 is 0. The molecule has 0 saturated heterocycles. The first-order chi connectivity index (χ1) is 12.5. The van der Waals surface area contributed by atoms with Gasteiger partial charge in [0.25, 0.3) is 0 Å². The Kier molecular flexibility index (Phi) is 5.11. The lowest BCUT2D eigenvalue weighted by molar-refractivity contribution is -0.120. The van der Waals surface area contributed by atoms with E-state index in [4.69, 9.17) is 9.47 Å². The van der Waals surface area contributed by atoms with E-state index in [1.165, 1.54) is 11.8 Å². The molecule has 0 saturated carbocycles. The Hall–Kier alpha value is -3.02. The lowest BCUT2D eigenvalue weighted by atomic mass is 10.1. The van der Waals surface area contributed by atoms with Crippen molar-refractivity contribution in [1.29, 1.82) is 0 Å². The van der Waals surface area contributed by atoms with Gasteiger partial charge in [-0.2, -0.15) is 0 Å². The molecule has 0 spiro atoms. The summed E-state index contributed by atoms with van der Waals surface area (Å²) in [7, 11) is 0. The van der Waals surface area contributed by atoms with Crippen molar-refractivity contribution >= 4 is 23.2 Å². The molecular weight excluding hydrogens is 332 g/mol. The molecule has 0 bridgehead atoms. The Balaban J connectivity index is 1.77. The van der Waals surface area contributed by atoms with Gasteiger partial charge < -0.3 is 19.7 Å². The zero-order chi connectivity index (χ0) is 18.7. The highest BCUT2D eigenvalue weighted by Crippen LogP contribution is 2.34. The number of fused-ring (bicyclic) bond motifs is 1. The molecule has 0 aliphatic carbocycles. The smallest absolute Gasteiger partial charge is 0.244 e. The van der Waals surface area contributed by atoms with E-state index in [1.54, 1.807) is 18.2 Å². The molecule has 1 N–H and O–H groups in total. The van der Waals surface area contributed by atoms with Gasteiger partial charge in [0.1, 0.15) is 19.8 Å². The van der Waals surface area contributed by atoms with Crippen molar-refractivity contribution in [3.8, 4) is 11.5 Å². The number of nitrogens with one attached hydrogen (secondary N) is 1. The quantitative estimate of drug-likeness (QED) is 0.916. The van der Waals surface area contributed by atoms with Gasteiger partial charge in [0.2, 0.25) is 11.8 Å². The van der Waals surface area contributed by atoms with Gasteiger partial charge in [-0.25, -0.2) is 0 Å². The molecule has 3 rings (SSSR count). The van der Waals surface area contributed by atoms with Crippen molar-refractivity contribution in [2.45, 2.75) is 20.8 Å². The third-order valence-electron chi connectivity index (χ3n) is 4.40. The zero-order valence-electron chi connectivity index (χ0n) is 15.2. The molecular formula is C20H22N2O4. The minimum atomic E-state index is -0.260. The first-order valence-corrected chi connectivity index (χ1v) is 8.49. The van der Waals surface area contributed by atoms with Gasteiger partial charge in [-0.1, -0.05) is 12.1 Å². The van der Waals surface area contributed by atoms with Crippen molar-refractivity contribution in [2.24, 2.45) is 0 Å². The van der Waals surface area contributed by atoms with Crippen LogP contribution in [0.4, 0.5) is 11.4 Å². The van der Waals surface area contributed by atoms with E-state index in [0.29, 0.717) is 30.4 Å². The molecule has 0 aromatic heterocycles. The highest BCUT2D eigenvalue weighted by atomic mass is 16.6. The minimum Gasteiger partial charge on any atom is -0.486 e. The van der Waals surface area contributed by atoms with E-state index in [1.807, 2.05) is 32.0 Å². The average molecular weight is 354 g/mol. The largest absolute Gasteiger partial charge is 0.486 e. The van der Waals surface area contributed by atoms with Crippen molar-refractivity contribution in [3.63, 3.8) is 0 Å². The van der Waals surface area contributed by atoms with Crippen molar-refractivity contribution in [3.05, 3.63) is 47.5 Å². The van der Waals surface area contributed by atoms with Crippen LogP contribution in [0.3, 0.4) is 0 Å². The van der Waals surface area contributed by atoms with Gasteiger partial charge in [0, 0.05) is 24.4 Å². The normalized spacial score (nSPS) is 12.4. The summed E-state index contributed by atoms with van der Waals surface area (Å²) in [5.74, 6) is 0.736. The Labute approximate surface area is 152 Å². The molecule has 2 aromatic rings. The zero-order valence-corrected chi connectivity index (χ0v) is 15.2. The fourth-order valence-electron chi connectivity index (χ4n) is 2.80. The van der Waals surface area contributed by atoms with Crippen LogP contribution < -0.4 is 19.7 Å². The Morgan fingerprint density at radius 2 is 1.81 bits per heavy atom. The first kappa shape index (κ1) is 17.8. The number of ether oxygens (including phenoxy) is 2. The van der Waals surface area contributed by atoms with Gasteiger partial charge in [0.15, 0.2) is 11.5 Å². The number of benzene rings is 2. The van der Waals surface area contributed by atoms with Crippen LogP contribution in [0, 0.1) is 13.8 Å². The summed E-state index contributed by atoms with van der Waals surface area (Å²) in [6.07, 6.45) is 0. The lowest BCUT2D eigenvalue weighted by Crippen LogP contribution is -2.36. The number of amides is 2. The molecule has 1 aliphatic heterocycles. The number of anilines is 2. The number of carbonyl (C=O) groups excluding carboxylic acids is 2. The van der Waals surface area contributed by atoms with Crippen LogP contribution >= 0.6 is 0 Å². The second-order valence-corrected chi connectivity index (χ2v) is 6.23. The molecule has 0 atom stereocenters. The average Bonchev–Trinajstić information content (AvgIpc) is 2.63. The molecule has 6 heteroatoms. The summed E-state index contributed by atoms with van der Waals surface area (Å²) in [5, 5.41) is 2.88. The maximum Gasteiger partial charge on any atom is 0.244 e. The number of hydrogen-bond donors (Lipinski definition) is 1. The summed E-state index contributed by atoms with van der Waals surface area (Å²) in [6.45, 7) is 6.26. The minimum absolute atomic E-state index is 0.0810. The van der Waals surface area contributed by atoms with Crippen LogP contribution in [-0.2, 0) is 9.59 Å². The Morgan fingerprint density at radius 3 is 2.54 bits per heavy atom. The van der Waals surface area contributed by atoms with Crippen LogP contribution in [-0.4, -0.2) is 31.6 Å². The van der Waals surface area contributed by atoms with Crippen LogP contribution in [0.5, 0.6) is 11.5 Å². The van der Waals surface area contributed by atoms with Crippen molar-refractivity contribution < 1.29 is 19.1 Å². The Bertz CT molecular complexity index is 848. The van der Waals surface area contributed by atoms with E-state index < -0.39 is 0 Å². The number of hydrogen-bond acceptors (Lipinski definition) is 4. The monoisotopic (exact) mass is 354 g/mol. The number of rotatable bonds is 4. The van der Waals surface area contributed by atoms with Gasteiger partial charge in [-0.15, -0.1) is 0 Å². The molecule has 1 aliphatic rings. The standard InChI is InChI=1S/C20H22N2O4/c1-13-5-4-6-17(14(13)2)21-20(24)12-22(15(3)23)16-7-8-18-19(11-16)26-10-9-25-18/h4-8,11H,9-10,12H2,1-3H3,(H,21,24). The van der Waals surface area contributed by atoms with Crippen LogP contribution in [0.15, 0.2) is 36.4 Å². The first-order valence-electron chi connectivity index (χ1n) is 8.49. The summed E-state index contributed by atoms with van der Waals surface area (Å²) in [6, 6.07) is 11.0. The van der Waals surface area contributed by atoms with E-state index >= 15 is 0 Å². The highest BCUT2D eigenvalue weighted by Gasteiger charge is 2.20. The van der Waals surface area contributed by atoms with Gasteiger partial charge in [-0.05, 0) is 43.2 Å². The number of aryl methyl sites for hydroxylation is 1. The second-order valence-electron chi connectivity index (χ2n) is 6.23. The summed E-state index contributed by atoms with van der Waals surface area (Å²) in [5.41, 5.74) is 3.45. The predicted octanol–water partition coefficient (Wildman–Crippen LogP) is 3.07. The molecule has 136 valence electrons. The molecule has 0 radical (unpaired) electrons. The van der Waals surface area contributed by atoms with Crippen LogP contribution in [0.2, 0.25) is 0 Å². The topological polar surface area (TPSA) is 67.9 Å². The van der Waals surface area contributed by atoms with Crippen LogP contribution in [0.25, 0.3) is 0 Å². The third-order valence-corrected chi connectivity index (χ3v) is 4.40. The van der Waals surface area contributed by atoms with Gasteiger partial charge >= 0.3 is 0 Å². The molecule has 0 unspecified atom stereocenters. The summed E-state index contributed by atoms with van der Waals surface area (Å²) in [4.78, 5) is 26.0. The molecule has 0 fully saturated rings. The fraction of sp³-hybridized carbons (Fsp3) is 0.300. The van der Waals surface area contributed by atoms with E-state index in [2.05, 4.69) is 5.32 Å². The molecule has 2 aromatic carbocycles. The predicted molar refractivity (Wildman–Crippen MR) is 100 cm³/mol. The molecule has 2 amide bonds. The molecule has 1 heterocycles. The SMILES string of the molecule is CC(=O)N(CC(=O)Nc1cccc(C)c1C)c1ccc2c(c1)OCCO2. The molecule has 26 heavy (non-hydrogen) atoms. The van der Waals surface area contributed by atoms with E-state index in [9.17, 15) is 9.59 Å². The maximum absolute atomic E-state index is 12.5. The highest BCUT2D eigenvalue weighted by molar-refractivity contribution is 6.02. The third kappa shape index (κ3) is 3.79. The summed E-state index contributed by atoms with van der Waals surface area (Å²) < 4.78 is 11.1. The Morgan fingerprint density at radius 1 is 1.08 bits per heavy atom. The molecule has 6 nitrogen and oxygen atoms in total. The fourth-order valence-corrected chi connectivity index (χ4v) is 2.80. The second kappa shape index (κ2) is 7.47. The maximum atomic E-state index is 12.5.